The second kappa shape index (κ2) is 17.8. The number of carbonyl (C=O) groups is 5. The molecule has 0 heterocycles. The minimum absolute atomic E-state index is 0.0556. The van der Waals surface area contributed by atoms with E-state index in [1.165, 1.54) is 24.3 Å². The number of benzene rings is 3. The van der Waals surface area contributed by atoms with Gasteiger partial charge in [-0.25, -0.2) is 24.0 Å². The van der Waals surface area contributed by atoms with E-state index >= 15 is 0 Å². The van der Waals surface area contributed by atoms with Crippen molar-refractivity contribution in [3.05, 3.63) is 131 Å². The Hall–Kier alpha value is -5.77. The molecule has 0 amide bonds. The summed E-state index contributed by atoms with van der Waals surface area (Å²) in [6.45, 7) is 15.7. The molecule has 3 aromatic carbocycles. The van der Waals surface area contributed by atoms with Crippen molar-refractivity contribution in [3.8, 4) is 11.5 Å². The van der Waals surface area contributed by atoms with E-state index in [0.717, 1.165) is 11.1 Å². The Kier molecular flexibility index (Phi) is 13.6. The van der Waals surface area contributed by atoms with Crippen LogP contribution in [0, 0.1) is 0 Å². The first-order valence-electron chi connectivity index (χ1n) is 15.1. The summed E-state index contributed by atoms with van der Waals surface area (Å²) in [4.78, 5) is 60.8. The molecule has 0 bridgehead atoms. The molecule has 0 saturated carbocycles. The Balaban J connectivity index is 1.60. The lowest BCUT2D eigenvalue weighted by Gasteiger charge is -2.13. The van der Waals surface area contributed by atoms with Gasteiger partial charge in [-0.15, -0.1) is 0 Å². The second-order valence-corrected chi connectivity index (χ2v) is 10.9. The highest BCUT2D eigenvalue weighted by Crippen LogP contribution is 2.22. The fraction of sp³-hybridized carbons (Fsp3) is 0.237. The zero-order chi connectivity index (χ0) is 35.2. The summed E-state index contributed by atoms with van der Waals surface area (Å²) >= 11 is 0. The lowest BCUT2D eigenvalue weighted by Crippen LogP contribution is -2.13. The number of ether oxygens (including phenoxy) is 5. The Morgan fingerprint density at radius 2 is 0.896 bits per heavy atom. The molecule has 0 aliphatic rings. The number of rotatable bonds is 16. The number of esters is 5. The number of hydrogen-bond acceptors (Lipinski definition) is 10. The molecule has 0 N–H and O–H groups in total. The van der Waals surface area contributed by atoms with E-state index in [-0.39, 0.29) is 48.0 Å². The minimum Gasteiger partial charge on any atom is -0.462 e. The van der Waals surface area contributed by atoms with Crippen molar-refractivity contribution >= 4 is 29.8 Å². The monoisotopic (exact) mass is 654 g/mol. The van der Waals surface area contributed by atoms with E-state index in [1.807, 2.05) is 0 Å². The highest BCUT2D eigenvalue weighted by Gasteiger charge is 2.15. The van der Waals surface area contributed by atoms with Crippen LogP contribution in [0.5, 0.6) is 11.5 Å². The molecule has 0 aromatic heterocycles. The van der Waals surface area contributed by atoms with Crippen molar-refractivity contribution in [2.45, 2.75) is 40.0 Å². The summed E-state index contributed by atoms with van der Waals surface area (Å²) in [5.74, 6) is -2.20. The molecule has 0 saturated heterocycles. The van der Waals surface area contributed by atoms with Crippen molar-refractivity contribution in [2.75, 3.05) is 19.8 Å². The van der Waals surface area contributed by atoms with Crippen LogP contribution in [0.1, 0.15) is 58.2 Å². The molecule has 0 aliphatic carbocycles. The van der Waals surface area contributed by atoms with Crippen LogP contribution in [0.3, 0.4) is 0 Å². The van der Waals surface area contributed by atoms with Crippen LogP contribution < -0.4 is 9.47 Å². The SMILES string of the molecule is C=C(C)C(=O)OCCc1ccc(C(=O)Oc2ccc(OC(=O)c3ccc(CCOC(=O)C(=C)C)c(CCOC(=O)C(=C)C)c3)cc2)cc1. The zero-order valence-corrected chi connectivity index (χ0v) is 27.3. The first kappa shape index (κ1) is 36.7. The smallest absolute Gasteiger partial charge is 0.343 e. The summed E-state index contributed by atoms with van der Waals surface area (Å²) in [7, 11) is 0. The minimum atomic E-state index is -0.630. The largest absolute Gasteiger partial charge is 0.462 e. The van der Waals surface area contributed by atoms with E-state index in [0.29, 0.717) is 36.0 Å². The molecule has 3 aromatic rings. The van der Waals surface area contributed by atoms with Crippen LogP contribution >= 0.6 is 0 Å². The third-order valence-electron chi connectivity index (χ3n) is 6.75. The molecule has 0 radical (unpaired) electrons. The normalized spacial score (nSPS) is 10.3. The van der Waals surface area contributed by atoms with E-state index in [2.05, 4.69) is 19.7 Å². The number of carbonyl (C=O) groups excluding carboxylic acids is 5. The summed E-state index contributed by atoms with van der Waals surface area (Å²) in [6, 6.07) is 17.7. The standard InChI is InChI=1S/C38H38O10/c1-24(2)34(39)44-20-17-27-7-9-29(10-8-27)37(42)47-32-13-15-33(16-14-32)48-38(43)31-12-11-28(18-21-45-35(40)25(3)4)30(23-31)19-22-46-36(41)26(5)6/h7-16,23H,1,3,5,17-22H2,2,4,6H3. The topological polar surface area (TPSA) is 132 Å². The van der Waals surface area contributed by atoms with Crippen molar-refractivity contribution in [1.29, 1.82) is 0 Å². The highest BCUT2D eigenvalue weighted by molar-refractivity contribution is 5.92. The Labute approximate surface area is 279 Å². The summed E-state index contributed by atoms with van der Waals surface area (Å²) in [5, 5.41) is 0. The molecule has 3 rings (SSSR count). The Morgan fingerprint density at radius 3 is 1.35 bits per heavy atom. The van der Waals surface area contributed by atoms with Gasteiger partial charge in [-0.1, -0.05) is 37.9 Å². The van der Waals surface area contributed by atoms with Gasteiger partial charge < -0.3 is 23.7 Å². The van der Waals surface area contributed by atoms with Crippen LogP contribution in [0.4, 0.5) is 0 Å². The van der Waals surface area contributed by atoms with E-state index in [1.54, 1.807) is 63.2 Å². The summed E-state index contributed by atoms with van der Waals surface area (Å²) in [5.41, 5.74) is 3.87. The van der Waals surface area contributed by atoms with Gasteiger partial charge in [0, 0.05) is 36.0 Å². The molecule has 0 spiro atoms. The van der Waals surface area contributed by atoms with Gasteiger partial charge in [-0.05, 0) is 86.0 Å². The predicted molar refractivity (Wildman–Crippen MR) is 178 cm³/mol. The van der Waals surface area contributed by atoms with Gasteiger partial charge >= 0.3 is 29.8 Å². The molecular weight excluding hydrogens is 616 g/mol. The molecular formula is C38H38O10. The highest BCUT2D eigenvalue weighted by atomic mass is 16.5. The van der Waals surface area contributed by atoms with Gasteiger partial charge in [0.25, 0.3) is 0 Å². The Bertz CT molecular complexity index is 1700. The fourth-order valence-corrected chi connectivity index (χ4v) is 4.08. The third kappa shape index (κ3) is 11.5. The number of hydrogen-bond donors (Lipinski definition) is 0. The van der Waals surface area contributed by atoms with E-state index < -0.39 is 29.8 Å². The van der Waals surface area contributed by atoms with Crippen molar-refractivity contribution in [2.24, 2.45) is 0 Å². The maximum Gasteiger partial charge on any atom is 0.343 e. The van der Waals surface area contributed by atoms with E-state index in [4.69, 9.17) is 23.7 Å². The molecule has 0 unspecified atom stereocenters. The van der Waals surface area contributed by atoms with Crippen molar-refractivity contribution < 1.29 is 47.7 Å². The maximum absolute atomic E-state index is 13.0. The van der Waals surface area contributed by atoms with Gasteiger partial charge in [0.15, 0.2) is 0 Å². The molecule has 10 nitrogen and oxygen atoms in total. The summed E-state index contributed by atoms with van der Waals surface area (Å²) < 4.78 is 26.5. The molecule has 0 atom stereocenters. The average Bonchev–Trinajstić information content (AvgIpc) is 3.06. The van der Waals surface area contributed by atoms with Gasteiger partial charge in [-0.2, -0.15) is 0 Å². The van der Waals surface area contributed by atoms with Crippen LogP contribution in [0.15, 0.2) is 103 Å². The maximum atomic E-state index is 13.0. The third-order valence-corrected chi connectivity index (χ3v) is 6.75. The molecule has 0 fully saturated rings. The van der Waals surface area contributed by atoms with E-state index in [9.17, 15) is 24.0 Å². The molecule has 48 heavy (non-hydrogen) atoms. The molecule has 10 heteroatoms. The van der Waals surface area contributed by atoms with Crippen molar-refractivity contribution in [1.82, 2.24) is 0 Å². The Morgan fingerprint density at radius 1 is 0.500 bits per heavy atom. The van der Waals surface area contributed by atoms with Gasteiger partial charge in [-0.3, -0.25) is 0 Å². The first-order chi connectivity index (χ1) is 22.8. The molecule has 0 aliphatic heterocycles. The predicted octanol–water partition coefficient (Wildman–Crippen LogP) is 6.11. The first-order valence-corrected chi connectivity index (χ1v) is 15.1. The van der Waals surface area contributed by atoms with Crippen molar-refractivity contribution in [3.63, 3.8) is 0 Å². The van der Waals surface area contributed by atoms with Crippen LogP contribution in [-0.2, 0) is 47.9 Å². The second-order valence-electron chi connectivity index (χ2n) is 10.9. The fourth-order valence-electron chi connectivity index (χ4n) is 4.08. The molecule has 250 valence electrons. The lowest BCUT2D eigenvalue weighted by atomic mass is 9.99. The van der Waals surface area contributed by atoms with Gasteiger partial charge in [0.2, 0.25) is 0 Å². The van der Waals surface area contributed by atoms with Gasteiger partial charge in [0.05, 0.1) is 30.9 Å². The van der Waals surface area contributed by atoms with Crippen LogP contribution in [0.25, 0.3) is 0 Å². The van der Waals surface area contributed by atoms with Crippen LogP contribution in [-0.4, -0.2) is 49.7 Å². The average molecular weight is 655 g/mol. The zero-order valence-electron chi connectivity index (χ0n) is 27.3. The van der Waals surface area contributed by atoms with Gasteiger partial charge in [0.1, 0.15) is 11.5 Å². The quantitative estimate of drug-likeness (QED) is 0.0771. The summed E-state index contributed by atoms with van der Waals surface area (Å²) in [6.07, 6.45) is 1.16. The van der Waals surface area contributed by atoms with Crippen LogP contribution in [0.2, 0.25) is 0 Å². The lowest BCUT2D eigenvalue weighted by molar-refractivity contribution is -0.139.